The second-order valence-electron chi connectivity index (χ2n) is 8.13. The van der Waals surface area contributed by atoms with E-state index in [2.05, 4.69) is 18.3 Å². The molecule has 0 fully saturated rings. The van der Waals surface area contributed by atoms with Gasteiger partial charge in [0.1, 0.15) is 6.54 Å². The Balaban J connectivity index is 1.70. The van der Waals surface area contributed by atoms with E-state index in [-0.39, 0.29) is 24.5 Å². The number of hydrogen-bond donors (Lipinski definition) is 1. The third kappa shape index (κ3) is 6.69. The van der Waals surface area contributed by atoms with Gasteiger partial charge in [-0.15, -0.1) is 11.3 Å². The standard InChI is InChI=1S/C26H31N3O2S/c1-20(2)29(26(31)27-16-22-10-6-4-7-11-22)19-25(30)28(17-23-12-8-5-9-13-23)18-24-21(3)14-15-32-24/h4-15,20H,16-19H2,1-3H3,(H,27,31). The summed E-state index contributed by atoms with van der Waals surface area (Å²) in [7, 11) is 0. The fourth-order valence-electron chi connectivity index (χ4n) is 3.39. The Morgan fingerprint density at radius 3 is 2.09 bits per heavy atom. The normalized spacial score (nSPS) is 10.8. The van der Waals surface area contributed by atoms with Crippen molar-refractivity contribution in [2.75, 3.05) is 6.54 Å². The molecule has 0 aliphatic rings. The summed E-state index contributed by atoms with van der Waals surface area (Å²) in [6.07, 6.45) is 0. The Hall–Kier alpha value is -3.12. The van der Waals surface area contributed by atoms with Gasteiger partial charge in [-0.05, 0) is 48.9 Å². The Kier molecular flexibility index (Phi) is 8.45. The number of thiophene rings is 1. The van der Waals surface area contributed by atoms with E-state index in [4.69, 9.17) is 0 Å². The summed E-state index contributed by atoms with van der Waals surface area (Å²) in [5, 5.41) is 5.00. The van der Waals surface area contributed by atoms with Crippen LogP contribution >= 0.6 is 11.3 Å². The highest BCUT2D eigenvalue weighted by atomic mass is 32.1. The highest BCUT2D eigenvalue weighted by Gasteiger charge is 2.24. The minimum atomic E-state index is -0.232. The Labute approximate surface area is 194 Å². The minimum Gasteiger partial charge on any atom is -0.334 e. The fourth-order valence-corrected chi connectivity index (χ4v) is 4.31. The van der Waals surface area contributed by atoms with Crippen LogP contribution in [0, 0.1) is 6.92 Å². The number of nitrogens with one attached hydrogen (secondary N) is 1. The first kappa shape index (κ1) is 23.5. The first-order valence-corrected chi connectivity index (χ1v) is 11.7. The average Bonchev–Trinajstić information content (AvgIpc) is 3.20. The van der Waals surface area contributed by atoms with Crippen molar-refractivity contribution in [2.24, 2.45) is 0 Å². The Bertz CT molecular complexity index is 1000. The molecule has 0 saturated carbocycles. The highest BCUT2D eigenvalue weighted by Crippen LogP contribution is 2.20. The third-order valence-electron chi connectivity index (χ3n) is 5.35. The van der Waals surface area contributed by atoms with E-state index >= 15 is 0 Å². The topological polar surface area (TPSA) is 52.7 Å². The van der Waals surface area contributed by atoms with Gasteiger partial charge in [-0.25, -0.2) is 4.79 Å². The van der Waals surface area contributed by atoms with E-state index in [0.29, 0.717) is 19.6 Å². The lowest BCUT2D eigenvalue weighted by Gasteiger charge is -2.30. The van der Waals surface area contributed by atoms with Gasteiger partial charge in [-0.3, -0.25) is 4.79 Å². The van der Waals surface area contributed by atoms with Crippen LogP contribution in [0.5, 0.6) is 0 Å². The van der Waals surface area contributed by atoms with Crippen molar-refractivity contribution in [2.45, 2.75) is 46.4 Å². The molecule has 168 valence electrons. The molecule has 6 heteroatoms. The van der Waals surface area contributed by atoms with Gasteiger partial charge in [0.05, 0.1) is 6.54 Å². The van der Waals surface area contributed by atoms with Crippen molar-refractivity contribution in [1.82, 2.24) is 15.1 Å². The molecule has 0 unspecified atom stereocenters. The van der Waals surface area contributed by atoms with Crippen molar-refractivity contribution in [3.05, 3.63) is 93.7 Å². The van der Waals surface area contributed by atoms with Crippen LogP contribution in [0.1, 0.15) is 35.4 Å². The summed E-state index contributed by atoms with van der Waals surface area (Å²) in [6.45, 7) is 7.44. The monoisotopic (exact) mass is 449 g/mol. The Morgan fingerprint density at radius 1 is 0.906 bits per heavy atom. The van der Waals surface area contributed by atoms with Crippen molar-refractivity contribution in [1.29, 1.82) is 0 Å². The van der Waals surface area contributed by atoms with E-state index in [1.165, 1.54) is 10.4 Å². The quantitative estimate of drug-likeness (QED) is 0.488. The summed E-state index contributed by atoms with van der Waals surface area (Å²) < 4.78 is 0. The molecule has 0 saturated heterocycles. The van der Waals surface area contributed by atoms with Gasteiger partial charge < -0.3 is 15.1 Å². The number of hydrogen-bond acceptors (Lipinski definition) is 3. The molecular weight excluding hydrogens is 418 g/mol. The van der Waals surface area contributed by atoms with Crippen molar-refractivity contribution >= 4 is 23.3 Å². The van der Waals surface area contributed by atoms with Gasteiger partial charge in [-0.2, -0.15) is 0 Å². The predicted molar refractivity (Wildman–Crippen MR) is 130 cm³/mol. The van der Waals surface area contributed by atoms with Crippen LogP contribution in [-0.4, -0.2) is 34.3 Å². The zero-order valence-electron chi connectivity index (χ0n) is 19.0. The van der Waals surface area contributed by atoms with Crippen molar-refractivity contribution in [3.8, 4) is 0 Å². The molecule has 32 heavy (non-hydrogen) atoms. The average molecular weight is 450 g/mol. The van der Waals surface area contributed by atoms with E-state index in [0.717, 1.165) is 11.1 Å². The lowest BCUT2D eigenvalue weighted by Crippen LogP contribution is -2.49. The van der Waals surface area contributed by atoms with Gasteiger partial charge in [0.2, 0.25) is 5.91 Å². The van der Waals surface area contributed by atoms with Crippen LogP contribution in [0.25, 0.3) is 0 Å². The molecule has 3 aromatic rings. The molecule has 1 heterocycles. The van der Waals surface area contributed by atoms with Gasteiger partial charge in [0.25, 0.3) is 0 Å². The first-order valence-electron chi connectivity index (χ1n) is 10.9. The number of benzene rings is 2. The van der Waals surface area contributed by atoms with Crippen LogP contribution in [-0.2, 0) is 24.4 Å². The van der Waals surface area contributed by atoms with Crippen LogP contribution in [0.3, 0.4) is 0 Å². The fraction of sp³-hybridized carbons (Fsp3) is 0.308. The second kappa shape index (κ2) is 11.5. The van der Waals surface area contributed by atoms with Crippen molar-refractivity contribution in [3.63, 3.8) is 0 Å². The maximum Gasteiger partial charge on any atom is 0.318 e. The van der Waals surface area contributed by atoms with Gasteiger partial charge in [0, 0.05) is 24.0 Å². The number of carbonyl (C=O) groups is 2. The summed E-state index contributed by atoms with van der Waals surface area (Å²) in [5.74, 6) is -0.0646. The molecule has 0 bridgehead atoms. The SMILES string of the molecule is Cc1ccsc1CN(Cc1ccccc1)C(=O)CN(C(=O)NCc1ccccc1)C(C)C. The molecule has 5 nitrogen and oxygen atoms in total. The summed E-state index contributed by atoms with van der Waals surface area (Å²) >= 11 is 1.66. The van der Waals surface area contributed by atoms with E-state index < -0.39 is 0 Å². The Morgan fingerprint density at radius 2 is 1.53 bits per heavy atom. The molecule has 0 atom stereocenters. The minimum absolute atomic E-state index is 0.0372. The maximum atomic E-state index is 13.4. The summed E-state index contributed by atoms with van der Waals surface area (Å²) in [4.78, 5) is 30.9. The zero-order chi connectivity index (χ0) is 22.9. The lowest BCUT2D eigenvalue weighted by molar-refractivity contribution is -0.133. The van der Waals surface area contributed by atoms with E-state index in [1.54, 1.807) is 16.2 Å². The first-order chi connectivity index (χ1) is 15.4. The highest BCUT2D eigenvalue weighted by molar-refractivity contribution is 7.10. The number of amides is 3. The number of nitrogens with zero attached hydrogens (tertiary/aromatic N) is 2. The number of rotatable bonds is 9. The summed E-state index contributed by atoms with van der Waals surface area (Å²) in [5.41, 5.74) is 3.27. The van der Waals surface area contributed by atoms with E-state index in [9.17, 15) is 9.59 Å². The molecule has 1 aromatic heterocycles. The van der Waals surface area contributed by atoms with Crippen molar-refractivity contribution < 1.29 is 9.59 Å². The number of aryl methyl sites for hydroxylation is 1. The smallest absolute Gasteiger partial charge is 0.318 e. The predicted octanol–water partition coefficient (Wildman–Crippen LogP) is 5.21. The molecule has 0 aliphatic heterocycles. The molecule has 2 aromatic carbocycles. The molecule has 0 aliphatic carbocycles. The van der Waals surface area contributed by atoms with Gasteiger partial charge in [-0.1, -0.05) is 60.7 Å². The number of urea groups is 1. The van der Waals surface area contributed by atoms with E-state index in [1.807, 2.05) is 84.8 Å². The van der Waals surface area contributed by atoms with Crippen LogP contribution in [0.2, 0.25) is 0 Å². The van der Waals surface area contributed by atoms with Crippen LogP contribution in [0.4, 0.5) is 4.79 Å². The molecular formula is C26H31N3O2S. The zero-order valence-corrected chi connectivity index (χ0v) is 19.8. The number of carbonyl (C=O) groups excluding carboxylic acids is 2. The lowest BCUT2D eigenvalue weighted by atomic mass is 10.2. The maximum absolute atomic E-state index is 13.4. The molecule has 3 amide bonds. The third-order valence-corrected chi connectivity index (χ3v) is 6.36. The van der Waals surface area contributed by atoms with Gasteiger partial charge in [0.15, 0.2) is 0 Å². The second-order valence-corrected chi connectivity index (χ2v) is 9.13. The molecule has 3 rings (SSSR count). The summed E-state index contributed by atoms with van der Waals surface area (Å²) in [6, 6.07) is 21.5. The molecule has 1 N–H and O–H groups in total. The molecule has 0 spiro atoms. The van der Waals surface area contributed by atoms with Crippen LogP contribution < -0.4 is 5.32 Å². The largest absolute Gasteiger partial charge is 0.334 e. The van der Waals surface area contributed by atoms with Crippen LogP contribution in [0.15, 0.2) is 72.1 Å². The molecule has 0 radical (unpaired) electrons. The van der Waals surface area contributed by atoms with Gasteiger partial charge >= 0.3 is 6.03 Å².